The standard InChI is InChI=1S/C23H28O6/c1-12(24)28-20-10-14-4-5-16-15(17(14)11-18(20)22(26)27)8-9-23(3)19(16)6-7-21(23)29-13(2)25/h10-11,15-16,19,21H,4-9H2,1-3H3,(H,26,27). The Morgan fingerprint density at radius 3 is 2.48 bits per heavy atom. The number of esters is 2. The molecule has 3 aliphatic carbocycles. The summed E-state index contributed by atoms with van der Waals surface area (Å²) in [4.78, 5) is 34.7. The molecule has 1 aromatic rings. The van der Waals surface area contributed by atoms with E-state index >= 15 is 0 Å². The number of fused-ring (bicyclic) bond motifs is 5. The van der Waals surface area contributed by atoms with Crippen molar-refractivity contribution in [1.29, 1.82) is 0 Å². The fourth-order valence-electron chi connectivity index (χ4n) is 6.35. The number of aromatic carboxylic acids is 1. The van der Waals surface area contributed by atoms with E-state index in [-0.39, 0.29) is 28.8 Å². The maximum absolute atomic E-state index is 11.8. The first-order valence-corrected chi connectivity index (χ1v) is 10.5. The molecule has 3 aliphatic rings. The van der Waals surface area contributed by atoms with Gasteiger partial charge in [0.05, 0.1) is 0 Å². The summed E-state index contributed by atoms with van der Waals surface area (Å²) >= 11 is 0. The van der Waals surface area contributed by atoms with Crippen molar-refractivity contribution >= 4 is 17.9 Å². The molecule has 6 heteroatoms. The van der Waals surface area contributed by atoms with Gasteiger partial charge in [-0.3, -0.25) is 9.59 Å². The summed E-state index contributed by atoms with van der Waals surface area (Å²) in [5, 5.41) is 9.65. The van der Waals surface area contributed by atoms with E-state index < -0.39 is 11.9 Å². The molecule has 5 unspecified atom stereocenters. The van der Waals surface area contributed by atoms with Crippen molar-refractivity contribution in [2.24, 2.45) is 17.3 Å². The van der Waals surface area contributed by atoms with E-state index in [0.717, 1.165) is 49.7 Å². The Morgan fingerprint density at radius 2 is 1.83 bits per heavy atom. The number of ether oxygens (including phenoxy) is 2. The zero-order valence-electron chi connectivity index (χ0n) is 17.2. The first kappa shape index (κ1) is 19.9. The van der Waals surface area contributed by atoms with Crippen molar-refractivity contribution in [3.8, 4) is 5.75 Å². The Hall–Kier alpha value is -2.37. The maximum atomic E-state index is 11.8. The van der Waals surface area contributed by atoms with E-state index in [2.05, 4.69) is 6.92 Å². The summed E-state index contributed by atoms with van der Waals surface area (Å²) < 4.78 is 10.8. The third-order valence-electron chi connectivity index (χ3n) is 7.53. The molecule has 0 amide bonds. The van der Waals surface area contributed by atoms with Gasteiger partial charge in [0, 0.05) is 19.3 Å². The molecule has 0 radical (unpaired) electrons. The van der Waals surface area contributed by atoms with Gasteiger partial charge in [0.15, 0.2) is 0 Å². The van der Waals surface area contributed by atoms with Gasteiger partial charge in [-0.25, -0.2) is 4.79 Å². The first-order chi connectivity index (χ1) is 13.7. The Kier molecular flexibility index (Phi) is 4.91. The molecule has 2 fully saturated rings. The smallest absolute Gasteiger partial charge is 0.339 e. The van der Waals surface area contributed by atoms with E-state index in [9.17, 15) is 19.5 Å². The fraction of sp³-hybridized carbons (Fsp3) is 0.609. The molecule has 1 aromatic carbocycles. The second-order valence-corrected chi connectivity index (χ2v) is 9.08. The van der Waals surface area contributed by atoms with Crippen LogP contribution in [0.15, 0.2) is 12.1 Å². The van der Waals surface area contributed by atoms with Crippen LogP contribution in [0.5, 0.6) is 5.75 Å². The van der Waals surface area contributed by atoms with Gasteiger partial charge in [-0.1, -0.05) is 6.92 Å². The summed E-state index contributed by atoms with van der Waals surface area (Å²) in [5.74, 6) is -0.434. The predicted molar refractivity (Wildman–Crippen MR) is 105 cm³/mol. The highest BCUT2D eigenvalue weighted by Gasteiger charge is 2.56. The van der Waals surface area contributed by atoms with Crippen LogP contribution in [0, 0.1) is 17.3 Å². The van der Waals surface area contributed by atoms with Crippen LogP contribution in [0.2, 0.25) is 0 Å². The monoisotopic (exact) mass is 400 g/mol. The van der Waals surface area contributed by atoms with Crippen molar-refractivity contribution in [3.63, 3.8) is 0 Å². The van der Waals surface area contributed by atoms with Crippen LogP contribution in [0.3, 0.4) is 0 Å². The van der Waals surface area contributed by atoms with Crippen molar-refractivity contribution in [2.75, 3.05) is 0 Å². The van der Waals surface area contributed by atoms with Gasteiger partial charge < -0.3 is 14.6 Å². The number of carboxylic acids is 1. The molecule has 0 aliphatic heterocycles. The molecule has 0 spiro atoms. The lowest BCUT2D eigenvalue weighted by atomic mass is 9.55. The normalized spacial score (nSPS) is 32.5. The number of rotatable bonds is 3. The highest BCUT2D eigenvalue weighted by molar-refractivity contribution is 5.92. The summed E-state index contributed by atoms with van der Waals surface area (Å²) in [7, 11) is 0. The van der Waals surface area contributed by atoms with Crippen LogP contribution < -0.4 is 4.74 Å². The first-order valence-electron chi connectivity index (χ1n) is 10.5. The summed E-state index contributed by atoms with van der Waals surface area (Å²) in [6.07, 6.45) is 5.71. The van der Waals surface area contributed by atoms with E-state index in [1.807, 2.05) is 0 Å². The lowest BCUT2D eigenvalue weighted by molar-refractivity contribution is -0.154. The van der Waals surface area contributed by atoms with Crippen LogP contribution in [-0.2, 0) is 20.7 Å². The van der Waals surface area contributed by atoms with Crippen molar-refractivity contribution in [3.05, 3.63) is 28.8 Å². The van der Waals surface area contributed by atoms with E-state index in [1.165, 1.54) is 13.8 Å². The summed E-state index contributed by atoms with van der Waals surface area (Å²) in [5.41, 5.74) is 2.23. The van der Waals surface area contributed by atoms with Gasteiger partial charge in [0.1, 0.15) is 17.4 Å². The van der Waals surface area contributed by atoms with Crippen LogP contribution in [0.1, 0.15) is 80.3 Å². The number of carbonyl (C=O) groups is 3. The predicted octanol–water partition coefficient (Wildman–Crippen LogP) is 4.10. The van der Waals surface area contributed by atoms with E-state index in [0.29, 0.717) is 17.8 Å². The molecular weight excluding hydrogens is 372 g/mol. The molecule has 0 saturated heterocycles. The lowest BCUT2D eigenvalue weighted by Crippen LogP contribution is -2.45. The van der Waals surface area contributed by atoms with Gasteiger partial charge in [-0.05, 0) is 79.5 Å². The molecule has 5 atom stereocenters. The Labute approximate surface area is 170 Å². The molecule has 1 N–H and O–H groups in total. The number of carboxylic acid groups (broad SMARTS) is 1. The number of hydrogen-bond donors (Lipinski definition) is 1. The average molecular weight is 400 g/mol. The molecule has 2 saturated carbocycles. The molecule has 0 aromatic heterocycles. The number of aryl methyl sites for hydroxylation is 1. The highest BCUT2D eigenvalue weighted by atomic mass is 16.5. The Morgan fingerprint density at radius 1 is 1.07 bits per heavy atom. The zero-order valence-corrected chi connectivity index (χ0v) is 17.2. The minimum absolute atomic E-state index is 0.00233. The number of hydrogen-bond acceptors (Lipinski definition) is 5. The third kappa shape index (κ3) is 3.32. The largest absolute Gasteiger partial charge is 0.478 e. The highest BCUT2D eigenvalue weighted by Crippen LogP contribution is 2.61. The average Bonchev–Trinajstić information content (AvgIpc) is 2.96. The van der Waals surface area contributed by atoms with Crippen LogP contribution >= 0.6 is 0 Å². The van der Waals surface area contributed by atoms with E-state index in [1.54, 1.807) is 12.1 Å². The van der Waals surface area contributed by atoms with Gasteiger partial charge in [-0.15, -0.1) is 0 Å². The maximum Gasteiger partial charge on any atom is 0.339 e. The zero-order chi connectivity index (χ0) is 20.9. The number of carbonyl (C=O) groups excluding carboxylic acids is 2. The SMILES string of the molecule is CC(=O)Oc1cc2c(cc1C(=O)O)C1CCC3(C)C(OC(C)=O)CCC3C1CC2. The Balaban J connectivity index is 1.67. The molecular formula is C23H28O6. The van der Waals surface area contributed by atoms with Crippen LogP contribution in [-0.4, -0.2) is 29.1 Å². The summed E-state index contributed by atoms with van der Waals surface area (Å²) in [6, 6.07) is 3.48. The minimum Gasteiger partial charge on any atom is -0.478 e. The van der Waals surface area contributed by atoms with Gasteiger partial charge in [-0.2, -0.15) is 0 Å². The second kappa shape index (κ2) is 7.15. The lowest BCUT2D eigenvalue weighted by Gasteiger charge is -2.50. The van der Waals surface area contributed by atoms with Crippen molar-refractivity contribution in [2.45, 2.75) is 71.3 Å². The molecule has 29 heavy (non-hydrogen) atoms. The quantitative estimate of drug-likeness (QED) is 0.607. The Bertz CT molecular complexity index is 874. The fourth-order valence-corrected chi connectivity index (χ4v) is 6.35. The van der Waals surface area contributed by atoms with E-state index in [4.69, 9.17) is 9.47 Å². The van der Waals surface area contributed by atoms with Gasteiger partial charge in [0.2, 0.25) is 0 Å². The molecule has 0 heterocycles. The molecule has 156 valence electrons. The topological polar surface area (TPSA) is 89.9 Å². The number of benzene rings is 1. The molecule has 4 rings (SSSR count). The van der Waals surface area contributed by atoms with Crippen molar-refractivity contribution in [1.82, 2.24) is 0 Å². The third-order valence-corrected chi connectivity index (χ3v) is 7.53. The summed E-state index contributed by atoms with van der Waals surface area (Å²) in [6.45, 7) is 5.02. The van der Waals surface area contributed by atoms with Crippen molar-refractivity contribution < 1.29 is 29.0 Å². The molecule has 0 bridgehead atoms. The minimum atomic E-state index is -1.08. The second-order valence-electron chi connectivity index (χ2n) is 9.08. The molecule has 6 nitrogen and oxygen atoms in total. The van der Waals surface area contributed by atoms with Crippen LogP contribution in [0.4, 0.5) is 0 Å². The van der Waals surface area contributed by atoms with Gasteiger partial charge in [0.25, 0.3) is 0 Å². The van der Waals surface area contributed by atoms with Gasteiger partial charge >= 0.3 is 17.9 Å². The van der Waals surface area contributed by atoms with Crippen LogP contribution in [0.25, 0.3) is 0 Å².